The van der Waals surface area contributed by atoms with Gasteiger partial charge in [0.05, 0.1) is 5.56 Å². The van der Waals surface area contributed by atoms with Crippen LogP contribution in [0.2, 0.25) is 0 Å². The number of carbonyl (C=O) groups is 1. The lowest BCUT2D eigenvalue weighted by atomic mass is 9.96. The van der Waals surface area contributed by atoms with Crippen LogP contribution in [0.1, 0.15) is 40.7 Å². The highest BCUT2D eigenvalue weighted by Gasteiger charge is 2.15. The number of fused-ring (bicyclic) bond motifs is 1. The van der Waals surface area contributed by atoms with E-state index in [0.29, 0.717) is 56.4 Å². The molecule has 236 valence electrons. The van der Waals surface area contributed by atoms with Crippen molar-refractivity contribution in [3.8, 4) is 53.0 Å². The van der Waals surface area contributed by atoms with Crippen LogP contribution in [0.4, 0.5) is 4.39 Å². The molecular weight excluding hydrogens is 587 g/mol. The van der Waals surface area contributed by atoms with Crippen molar-refractivity contribution in [1.82, 2.24) is 5.32 Å². The molecular formula is C37H35FN2O6. The Morgan fingerprint density at radius 3 is 2.57 bits per heavy atom. The van der Waals surface area contributed by atoms with E-state index >= 15 is 0 Å². The van der Waals surface area contributed by atoms with Gasteiger partial charge < -0.3 is 29.4 Å². The predicted molar refractivity (Wildman–Crippen MR) is 172 cm³/mol. The van der Waals surface area contributed by atoms with Gasteiger partial charge in [-0.25, -0.2) is 4.39 Å². The molecule has 46 heavy (non-hydrogen) atoms. The Bertz CT molecular complexity index is 1730. The first-order valence-electron chi connectivity index (χ1n) is 14.7. The molecule has 0 aliphatic carbocycles. The number of nitrogens with zero attached hydrogens (tertiary/aromatic N) is 1. The molecule has 0 amide bonds. The van der Waals surface area contributed by atoms with Crippen LogP contribution in [0.5, 0.6) is 23.0 Å². The van der Waals surface area contributed by atoms with Crippen LogP contribution >= 0.6 is 0 Å². The van der Waals surface area contributed by atoms with Gasteiger partial charge in [-0.3, -0.25) is 4.79 Å². The number of nitriles is 1. The van der Waals surface area contributed by atoms with Gasteiger partial charge in [0.2, 0.25) is 0 Å². The molecule has 0 fully saturated rings. The van der Waals surface area contributed by atoms with E-state index in [1.807, 2.05) is 54.6 Å². The van der Waals surface area contributed by atoms with Gasteiger partial charge in [-0.05, 0) is 78.0 Å². The van der Waals surface area contributed by atoms with Crippen LogP contribution in [-0.2, 0) is 24.6 Å². The predicted octanol–water partition coefficient (Wildman–Crippen LogP) is 6.81. The van der Waals surface area contributed by atoms with E-state index in [9.17, 15) is 14.4 Å². The number of carboxylic acid groups (broad SMARTS) is 1. The second-order valence-corrected chi connectivity index (χ2v) is 10.4. The highest BCUT2D eigenvalue weighted by molar-refractivity contribution is 5.71. The lowest BCUT2D eigenvalue weighted by Gasteiger charge is -2.20. The fourth-order valence-corrected chi connectivity index (χ4v) is 4.93. The summed E-state index contributed by atoms with van der Waals surface area (Å²) in [6.45, 7) is 4.59. The normalized spacial score (nSPS) is 11.5. The first-order valence-corrected chi connectivity index (χ1v) is 14.7. The first kappa shape index (κ1) is 33.4. The summed E-state index contributed by atoms with van der Waals surface area (Å²) in [4.78, 5) is 10.8. The van der Waals surface area contributed by atoms with Crippen LogP contribution in [-0.4, -0.2) is 30.8 Å². The fourth-order valence-electron chi connectivity index (χ4n) is 4.93. The molecule has 0 aromatic heterocycles. The average molecular weight is 623 g/mol. The van der Waals surface area contributed by atoms with Gasteiger partial charge in [-0.15, -0.1) is 12.8 Å². The molecule has 1 heterocycles. The van der Waals surface area contributed by atoms with Gasteiger partial charge in [-0.2, -0.15) is 5.26 Å². The molecule has 9 heteroatoms. The van der Waals surface area contributed by atoms with Gasteiger partial charge in [0.1, 0.15) is 49.8 Å². The molecule has 1 aliphatic rings. The Balaban J connectivity index is 0.00000235. The summed E-state index contributed by atoms with van der Waals surface area (Å²) in [5.41, 5.74) is 5.69. The van der Waals surface area contributed by atoms with Gasteiger partial charge in [-0.1, -0.05) is 36.4 Å². The van der Waals surface area contributed by atoms with Crippen LogP contribution in [0.3, 0.4) is 0 Å². The molecule has 0 saturated carbocycles. The van der Waals surface area contributed by atoms with E-state index < -0.39 is 11.8 Å². The van der Waals surface area contributed by atoms with Crippen molar-refractivity contribution in [2.24, 2.45) is 0 Å². The molecule has 0 unspecified atom stereocenters. The number of carboxylic acids is 1. The first-order chi connectivity index (χ1) is 22.4. The molecule has 4 aromatic carbocycles. The number of halogens is 1. The van der Waals surface area contributed by atoms with Crippen molar-refractivity contribution in [3.05, 3.63) is 106 Å². The molecule has 5 rings (SSSR count). The van der Waals surface area contributed by atoms with Crippen molar-refractivity contribution in [2.45, 2.75) is 39.5 Å². The number of nitrogens with one attached hydrogen (secondary N) is 1. The number of terminal acetylenes is 1. The summed E-state index contributed by atoms with van der Waals surface area (Å²) in [5.74, 6) is 1.25. The van der Waals surface area contributed by atoms with Gasteiger partial charge in [0.25, 0.3) is 0 Å². The maximum absolute atomic E-state index is 13.8. The van der Waals surface area contributed by atoms with Crippen molar-refractivity contribution in [2.75, 3.05) is 19.8 Å². The second-order valence-electron chi connectivity index (χ2n) is 10.4. The van der Waals surface area contributed by atoms with Crippen LogP contribution in [0, 0.1) is 36.9 Å². The van der Waals surface area contributed by atoms with Gasteiger partial charge >= 0.3 is 5.97 Å². The molecule has 0 spiro atoms. The lowest BCUT2D eigenvalue weighted by Crippen LogP contribution is -2.16. The maximum atomic E-state index is 13.8. The highest BCUT2D eigenvalue weighted by Crippen LogP contribution is 2.36. The SMILES string of the molecule is C#C.Cc1c(COc2ccc(CNCCCC(=O)O)c(OCc3ccc(F)c(C#N)c3)c2)cccc1-c1ccc2c(c1)OCCO2. The number of benzene rings is 4. The molecule has 2 N–H and O–H groups in total. The third-order valence-electron chi connectivity index (χ3n) is 7.34. The average Bonchev–Trinajstić information content (AvgIpc) is 3.08. The lowest BCUT2D eigenvalue weighted by molar-refractivity contribution is -0.137. The molecule has 0 atom stereocenters. The second kappa shape index (κ2) is 16.5. The molecule has 0 saturated heterocycles. The summed E-state index contributed by atoms with van der Waals surface area (Å²) < 4.78 is 37.6. The topological polar surface area (TPSA) is 110 Å². The molecule has 0 bridgehead atoms. The standard InChI is InChI=1S/C35H33FN2O6.C2H2/c1-23-27(4-2-5-30(23)25-9-12-32-34(17-25)42-15-14-41-32)22-43-29-10-8-26(20-38-13-3-6-35(39)40)33(18-29)44-21-24-7-11-31(36)28(16-24)19-37;1-2/h2,4-5,7-12,16-18,38H,3,6,13-15,20-22H2,1H3,(H,39,40);1-2H. The Morgan fingerprint density at radius 2 is 1.78 bits per heavy atom. The van der Waals surface area contributed by atoms with E-state index in [4.69, 9.17) is 24.1 Å². The highest BCUT2D eigenvalue weighted by atomic mass is 19.1. The van der Waals surface area contributed by atoms with Gasteiger partial charge in [0, 0.05) is 24.6 Å². The Hall–Kier alpha value is -5.51. The van der Waals surface area contributed by atoms with Crippen molar-refractivity contribution >= 4 is 5.97 Å². The number of ether oxygens (including phenoxy) is 4. The summed E-state index contributed by atoms with van der Waals surface area (Å²) in [6, 6.07) is 23.8. The zero-order valence-corrected chi connectivity index (χ0v) is 25.6. The minimum Gasteiger partial charge on any atom is -0.489 e. The van der Waals surface area contributed by atoms with Gasteiger partial charge in [0.15, 0.2) is 11.5 Å². The van der Waals surface area contributed by atoms with Crippen LogP contribution in [0.15, 0.2) is 72.8 Å². The zero-order chi connectivity index (χ0) is 32.9. The maximum Gasteiger partial charge on any atom is 0.303 e. The van der Waals surface area contributed by atoms with Crippen LogP contribution < -0.4 is 24.3 Å². The quantitative estimate of drug-likeness (QED) is 0.124. The third-order valence-corrected chi connectivity index (χ3v) is 7.34. The van der Waals surface area contributed by atoms with Crippen molar-refractivity contribution < 1.29 is 33.2 Å². The van der Waals surface area contributed by atoms with E-state index in [0.717, 1.165) is 39.3 Å². The van der Waals surface area contributed by atoms with Crippen molar-refractivity contribution in [1.29, 1.82) is 5.26 Å². The zero-order valence-electron chi connectivity index (χ0n) is 25.6. The Morgan fingerprint density at radius 1 is 0.978 bits per heavy atom. The fraction of sp³-hybridized carbons (Fsp3) is 0.243. The third kappa shape index (κ3) is 8.78. The van der Waals surface area contributed by atoms with E-state index in [2.05, 4.69) is 31.2 Å². The molecule has 1 aliphatic heterocycles. The minimum absolute atomic E-state index is 0.0441. The van der Waals surface area contributed by atoms with E-state index in [1.54, 1.807) is 6.07 Å². The number of hydrogen-bond acceptors (Lipinski definition) is 7. The molecule has 0 radical (unpaired) electrons. The monoisotopic (exact) mass is 622 g/mol. The minimum atomic E-state index is -0.833. The Kier molecular flexibility index (Phi) is 12.0. The summed E-state index contributed by atoms with van der Waals surface area (Å²) >= 11 is 0. The smallest absolute Gasteiger partial charge is 0.303 e. The summed E-state index contributed by atoms with van der Waals surface area (Å²) in [6.07, 6.45) is 8.59. The largest absolute Gasteiger partial charge is 0.489 e. The Labute approximate surface area is 268 Å². The van der Waals surface area contributed by atoms with Crippen LogP contribution in [0.25, 0.3) is 11.1 Å². The van der Waals surface area contributed by atoms with Crippen molar-refractivity contribution in [3.63, 3.8) is 0 Å². The number of rotatable bonds is 13. The summed E-state index contributed by atoms with van der Waals surface area (Å²) in [7, 11) is 0. The molecule has 4 aromatic rings. The van der Waals surface area contributed by atoms with E-state index in [-0.39, 0.29) is 18.6 Å². The summed E-state index contributed by atoms with van der Waals surface area (Å²) in [5, 5.41) is 21.3. The van der Waals surface area contributed by atoms with E-state index in [1.165, 1.54) is 12.1 Å². The molecule has 8 nitrogen and oxygen atoms in total. The number of aliphatic carboxylic acids is 1. The number of hydrogen-bond donors (Lipinski definition) is 2.